The monoisotopic (exact) mass is 341 g/mol. The lowest BCUT2D eigenvalue weighted by Gasteiger charge is -1.99. The maximum atomic E-state index is 8.64. The van der Waals surface area contributed by atoms with Crippen molar-refractivity contribution in [3.8, 4) is 6.07 Å². The fourth-order valence-electron chi connectivity index (χ4n) is 1.31. The summed E-state index contributed by atoms with van der Waals surface area (Å²) in [5.41, 5.74) is 4.52. The smallest absolute Gasteiger partial charge is 0.0991 e. The fourth-order valence-corrected chi connectivity index (χ4v) is 1.85. The van der Waals surface area contributed by atoms with Crippen molar-refractivity contribution in [3.63, 3.8) is 0 Å². The molecule has 0 unspecified atom stereocenters. The summed E-state index contributed by atoms with van der Waals surface area (Å²) in [6, 6.07) is 9.34. The largest absolute Gasteiger partial charge is 0.279 e. The second-order valence-electron chi connectivity index (χ2n) is 3.65. The van der Waals surface area contributed by atoms with Crippen molar-refractivity contribution in [1.82, 2.24) is 0 Å². The van der Waals surface area contributed by atoms with Crippen LogP contribution >= 0.6 is 22.6 Å². The number of halogens is 1. The number of hydrazone groups is 1. The van der Waals surface area contributed by atoms with Crippen LogP contribution in [0.25, 0.3) is 0 Å². The number of hydrogen-bond acceptors (Lipinski definition) is 3. The number of nitriles is 1. The molecule has 0 bridgehead atoms. The van der Waals surface area contributed by atoms with E-state index in [2.05, 4.69) is 39.2 Å². The molecule has 0 aliphatic rings. The molecule has 1 rings (SSSR count). The Balaban J connectivity index is 2.21. The van der Waals surface area contributed by atoms with E-state index < -0.39 is 0 Å². The van der Waals surface area contributed by atoms with Crippen LogP contribution in [0, 0.1) is 11.3 Å². The first-order valence-electron chi connectivity index (χ1n) is 5.70. The van der Waals surface area contributed by atoms with Gasteiger partial charge in [0.15, 0.2) is 0 Å². The summed E-state index contributed by atoms with van der Waals surface area (Å²) in [5, 5.41) is 12.8. The predicted octanol–water partition coefficient (Wildman–Crippen LogP) is 3.95. The van der Waals surface area contributed by atoms with Gasteiger partial charge in [0.05, 0.1) is 17.3 Å². The summed E-state index contributed by atoms with van der Waals surface area (Å²) >= 11 is 2.40. The van der Waals surface area contributed by atoms with Crippen molar-refractivity contribution in [1.29, 1.82) is 5.26 Å². The van der Waals surface area contributed by atoms with E-state index in [9.17, 15) is 0 Å². The third kappa shape index (κ3) is 6.27. The summed E-state index contributed by atoms with van der Waals surface area (Å²) in [6.07, 6.45) is 6.68. The average Bonchev–Trinajstić information content (AvgIpc) is 2.38. The van der Waals surface area contributed by atoms with Crippen LogP contribution in [0.3, 0.4) is 0 Å². The lowest BCUT2D eigenvalue weighted by molar-refractivity contribution is 0.757. The maximum Gasteiger partial charge on any atom is 0.0991 e. The molecule has 0 aromatic heterocycles. The minimum absolute atomic E-state index is 0.665. The van der Waals surface area contributed by atoms with Crippen LogP contribution in [0.2, 0.25) is 0 Å². The van der Waals surface area contributed by atoms with Crippen molar-refractivity contribution in [3.05, 3.63) is 29.8 Å². The Labute approximate surface area is 116 Å². The molecule has 3 nitrogen and oxygen atoms in total. The van der Waals surface area contributed by atoms with Gasteiger partial charge in [0.25, 0.3) is 0 Å². The zero-order valence-electron chi connectivity index (χ0n) is 9.69. The summed E-state index contributed by atoms with van der Waals surface area (Å²) in [5.74, 6) is 0. The molecular formula is C13H16IN3. The van der Waals surface area contributed by atoms with Gasteiger partial charge in [0.1, 0.15) is 0 Å². The molecular weight excluding hydrogens is 325 g/mol. The molecule has 1 aromatic rings. The zero-order valence-corrected chi connectivity index (χ0v) is 11.9. The molecule has 0 aliphatic heterocycles. The molecule has 0 radical (unpaired) electrons. The summed E-state index contributed by atoms with van der Waals surface area (Å²) in [4.78, 5) is 0. The molecule has 0 saturated carbocycles. The van der Waals surface area contributed by atoms with Gasteiger partial charge >= 0.3 is 0 Å². The number of benzene rings is 1. The molecule has 0 atom stereocenters. The van der Waals surface area contributed by atoms with Gasteiger partial charge in [0.2, 0.25) is 0 Å². The first kappa shape index (κ1) is 14.0. The van der Waals surface area contributed by atoms with E-state index in [4.69, 9.17) is 5.26 Å². The van der Waals surface area contributed by atoms with E-state index in [0.29, 0.717) is 5.56 Å². The van der Waals surface area contributed by atoms with Crippen LogP contribution in [0.15, 0.2) is 29.4 Å². The quantitative estimate of drug-likeness (QED) is 0.268. The van der Waals surface area contributed by atoms with Crippen molar-refractivity contribution in [2.24, 2.45) is 5.10 Å². The number of nitrogens with zero attached hydrogens (tertiary/aromatic N) is 2. The fraction of sp³-hybridized carbons (Fsp3) is 0.385. The summed E-state index contributed by atoms with van der Waals surface area (Å²) in [6.45, 7) is 0. The molecule has 4 heteroatoms. The lowest BCUT2D eigenvalue weighted by Crippen LogP contribution is -1.89. The first-order chi connectivity index (χ1) is 8.36. The average molecular weight is 341 g/mol. The van der Waals surface area contributed by atoms with Gasteiger partial charge in [-0.2, -0.15) is 10.4 Å². The van der Waals surface area contributed by atoms with Gasteiger partial charge in [-0.15, -0.1) is 0 Å². The Hall–Kier alpha value is -1.09. The van der Waals surface area contributed by atoms with Crippen LogP contribution in [0.1, 0.15) is 31.2 Å². The summed E-state index contributed by atoms with van der Waals surface area (Å²) < 4.78 is 1.23. The van der Waals surface area contributed by atoms with E-state index in [1.807, 2.05) is 18.3 Å². The Kier molecular flexibility index (Phi) is 7.39. The van der Waals surface area contributed by atoms with E-state index in [1.165, 1.54) is 23.7 Å². The van der Waals surface area contributed by atoms with Crippen LogP contribution < -0.4 is 5.43 Å². The Morgan fingerprint density at radius 1 is 1.24 bits per heavy atom. The maximum absolute atomic E-state index is 8.64. The number of unbranched alkanes of at least 4 members (excludes halogenated alkanes) is 3. The molecule has 0 heterocycles. The SMILES string of the molecule is N#Cc1ccc(NN=CCCCCCI)cc1. The van der Waals surface area contributed by atoms with Gasteiger partial charge in [-0.1, -0.05) is 29.0 Å². The normalized spacial score (nSPS) is 10.4. The number of rotatable bonds is 7. The Morgan fingerprint density at radius 3 is 2.65 bits per heavy atom. The minimum atomic E-state index is 0.665. The number of nitrogens with one attached hydrogen (secondary N) is 1. The van der Waals surface area contributed by atoms with Gasteiger partial charge < -0.3 is 0 Å². The van der Waals surface area contributed by atoms with E-state index in [1.54, 1.807) is 12.1 Å². The highest BCUT2D eigenvalue weighted by atomic mass is 127. The standard InChI is InChI=1S/C13H16IN3/c14-9-3-1-2-4-10-16-17-13-7-5-12(11-15)6-8-13/h5-8,10,17H,1-4,9H2. The molecule has 0 spiro atoms. The van der Waals surface area contributed by atoms with Crippen molar-refractivity contribution < 1.29 is 0 Å². The van der Waals surface area contributed by atoms with Gasteiger partial charge in [-0.05, 0) is 48.0 Å². The molecule has 1 N–H and O–H groups in total. The highest BCUT2D eigenvalue weighted by Gasteiger charge is 1.90. The van der Waals surface area contributed by atoms with E-state index in [-0.39, 0.29) is 0 Å². The van der Waals surface area contributed by atoms with Crippen molar-refractivity contribution in [2.75, 3.05) is 9.85 Å². The second-order valence-corrected chi connectivity index (χ2v) is 4.73. The van der Waals surface area contributed by atoms with Crippen LogP contribution in [0.5, 0.6) is 0 Å². The molecule has 0 saturated heterocycles. The third-order valence-electron chi connectivity index (χ3n) is 2.27. The predicted molar refractivity (Wildman–Crippen MR) is 80.6 cm³/mol. The first-order valence-corrected chi connectivity index (χ1v) is 7.23. The van der Waals surface area contributed by atoms with Gasteiger partial charge in [-0.3, -0.25) is 5.43 Å². The summed E-state index contributed by atoms with van der Waals surface area (Å²) in [7, 11) is 0. The lowest BCUT2D eigenvalue weighted by atomic mass is 10.2. The Morgan fingerprint density at radius 2 is 2.00 bits per heavy atom. The minimum Gasteiger partial charge on any atom is -0.279 e. The number of hydrogen-bond donors (Lipinski definition) is 1. The molecule has 1 aromatic carbocycles. The van der Waals surface area contributed by atoms with Crippen LogP contribution in [-0.4, -0.2) is 10.6 Å². The second kappa shape index (κ2) is 8.99. The van der Waals surface area contributed by atoms with E-state index in [0.717, 1.165) is 12.1 Å². The van der Waals surface area contributed by atoms with Crippen LogP contribution in [0.4, 0.5) is 5.69 Å². The topological polar surface area (TPSA) is 48.2 Å². The van der Waals surface area contributed by atoms with Crippen molar-refractivity contribution in [2.45, 2.75) is 25.7 Å². The molecule has 90 valence electrons. The number of anilines is 1. The third-order valence-corrected chi connectivity index (χ3v) is 3.03. The molecule has 0 aliphatic carbocycles. The zero-order chi connectivity index (χ0) is 12.3. The Bertz CT molecular complexity index is 379. The van der Waals surface area contributed by atoms with Crippen molar-refractivity contribution >= 4 is 34.5 Å². The van der Waals surface area contributed by atoms with Crippen LogP contribution in [-0.2, 0) is 0 Å². The highest BCUT2D eigenvalue weighted by Crippen LogP contribution is 2.08. The molecule has 0 amide bonds. The highest BCUT2D eigenvalue weighted by molar-refractivity contribution is 14.1. The van der Waals surface area contributed by atoms with E-state index >= 15 is 0 Å². The van der Waals surface area contributed by atoms with Gasteiger partial charge in [-0.25, -0.2) is 0 Å². The molecule has 17 heavy (non-hydrogen) atoms. The van der Waals surface area contributed by atoms with Gasteiger partial charge in [0, 0.05) is 6.21 Å². The number of alkyl halides is 1. The molecule has 0 fully saturated rings.